The maximum absolute atomic E-state index is 3.62. The summed E-state index contributed by atoms with van der Waals surface area (Å²) in [6.07, 6.45) is 2.58. The zero-order valence-electron chi connectivity index (χ0n) is 13.3. The second-order valence-electron chi connectivity index (χ2n) is 6.84. The van der Waals surface area contributed by atoms with Gasteiger partial charge in [-0.2, -0.15) is 0 Å². The summed E-state index contributed by atoms with van der Waals surface area (Å²) in [4.78, 5) is 4.25. The van der Waals surface area contributed by atoms with Crippen LogP contribution < -0.4 is 10.2 Å². The van der Waals surface area contributed by atoms with Crippen molar-refractivity contribution < 1.29 is 0 Å². The van der Waals surface area contributed by atoms with Crippen LogP contribution in [0.1, 0.15) is 24.3 Å². The average molecular weight is 322 g/mol. The van der Waals surface area contributed by atoms with E-state index in [1.807, 2.05) is 0 Å². The van der Waals surface area contributed by atoms with E-state index in [-0.39, 0.29) is 0 Å². The predicted octanol–water partition coefficient (Wildman–Crippen LogP) is 4.11. The van der Waals surface area contributed by atoms with Gasteiger partial charge < -0.3 is 10.2 Å². The molecular weight excluding hydrogens is 300 g/mol. The Morgan fingerprint density at radius 1 is 1.09 bits per heavy atom. The molecule has 2 aromatic rings. The van der Waals surface area contributed by atoms with Crippen LogP contribution in [0.25, 0.3) is 11.1 Å². The van der Waals surface area contributed by atoms with Gasteiger partial charge in [-0.25, -0.2) is 0 Å². The zero-order valence-corrected chi connectivity index (χ0v) is 14.1. The molecular formula is C20H22N2S. The van der Waals surface area contributed by atoms with Crippen LogP contribution in [0.4, 0.5) is 5.69 Å². The Hall–Kier alpha value is -1.45. The average Bonchev–Trinajstić information content (AvgIpc) is 2.77. The molecule has 0 amide bonds. The fraction of sp³-hybridized carbons (Fsp3) is 0.400. The van der Waals surface area contributed by atoms with E-state index in [1.165, 1.54) is 47.7 Å². The second-order valence-corrected chi connectivity index (χ2v) is 7.98. The van der Waals surface area contributed by atoms with E-state index in [9.17, 15) is 0 Å². The van der Waals surface area contributed by atoms with Crippen molar-refractivity contribution >= 4 is 17.4 Å². The van der Waals surface area contributed by atoms with Crippen LogP contribution in [0.3, 0.4) is 0 Å². The van der Waals surface area contributed by atoms with Crippen LogP contribution in [0.15, 0.2) is 47.4 Å². The van der Waals surface area contributed by atoms with Crippen LogP contribution in [0.5, 0.6) is 0 Å². The second kappa shape index (κ2) is 5.57. The number of rotatable bonds is 1. The maximum atomic E-state index is 3.62. The van der Waals surface area contributed by atoms with Crippen molar-refractivity contribution in [3.63, 3.8) is 0 Å². The van der Waals surface area contributed by atoms with Crippen LogP contribution in [-0.2, 0) is 0 Å². The highest BCUT2D eigenvalue weighted by molar-refractivity contribution is 7.99. The number of benzene rings is 2. The van der Waals surface area contributed by atoms with Gasteiger partial charge in [0.1, 0.15) is 0 Å². The summed E-state index contributed by atoms with van der Waals surface area (Å²) in [7, 11) is 0. The number of thioether (sulfide) groups is 1. The third-order valence-electron chi connectivity index (χ3n) is 5.55. The van der Waals surface area contributed by atoms with Crippen LogP contribution in [-0.4, -0.2) is 31.4 Å². The van der Waals surface area contributed by atoms with Gasteiger partial charge in [0.15, 0.2) is 0 Å². The van der Waals surface area contributed by atoms with E-state index >= 15 is 0 Å². The van der Waals surface area contributed by atoms with Gasteiger partial charge in [0.25, 0.3) is 0 Å². The molecule has 3 aliphatic heterocycles. The molecule has 0 bridgehead atoms. The first-order valence-electron chi connectivity index (χ1n) is 8.75. The molecule has 5 rings (SSSR count). The Balaban J connectivity index is 1.69. The molecule has 0 radical (unpaired) electrons. The fourth-order valence-electron chi connectivity index (χ4n) is 4.52. The summed E-state index contributed by atoms with van der Waals surface area (Å²) >= 11 is 2.06. The molecule has 1 N–H and O–H groups in total. The molecule has 3 heteroatoms. The number of fused-ring (bicyclic) bond motifs is 3. The summed E-state index contributed by atoms with van der Waals surface area (Å²) in [5.41, 5.74) is 5.88. The third kappa shape index (κ3) is 2.21. The van der Waals surface area contributed by atoms with Crippen molar-refractivity contribution in [1.29, 1.82) is 0 Å². The minimum atomic E-state index is 0.667. The molecule has 2 aromatic carbocycles. The summed E-state index contributed by atoms with van der Waals surface area (Å²) in [6.45, 7) is 3.54. The van der Waals surface area contributed by atoms with Crippen molar-refractivity contribution in [2.24, 2.45) is 0 Å². The number of hydrogen-bond donors (Lipinski definition) is 1. The van der Waals surface area contributed by atoms with Crippen LogP contribution >= 0.6 is 11.8 Å². The lowest BCUT2D eigenvalue weighted by molar-refractivity contribution is 0.403. The molecule has 0 saturated carbocycles. The Bertz CT molecular complexity index is 728. The molecule has 0 aliphatic carbocycles. The lowest BCUT2D eigenvalue weighted by atomic mass is 9.88. The van der Waals surface area contributed by atoms with E-state index in [4.69, 9.17) is 0 Å². The van der Waals surface area contributed by atoms with Crippen LogP contribution in [0.2, 0.25) is 0 Å². The van der Waals surface area contributed by atoms with E-state index in [0.717, 1.165) is 12.6 Å². The van der Waals surface area contributed by atoms with E-state index in [0.29, 0.717) is 5.92 Å². The van der Waals surface area contributed by atoms with E-state index < -0.39 is 0 Å². The molecule has 0 spiro atoms. The Labute approximate surface area is 142 Å². The van der Waals surface area contributed by atoms with Gasteiger partial charge in [-0.3, -0.25) is 0 Å². The predicted molar refractivity (Wildman–Crippen MR) is 98.6 cm³/mol. The zero-order chi connectivity index (χ0) is 15.2. The van der Waals surface area contributed by atoms with Crippen molar-refractivity contribution in [3.8, 4) is 11.1 Å². The van der Waals surface area contributed by atoms with Gasteiger partial charge in [0.2, 0.25) is 0 Å². The normalized spacial score (nSPS) is 25.7. The molecule has 0 aromatic heterocycles. The standard InChI is InChI=1S/C20H22N2S/c1-2-5-14(6-3-1)15-11-16-17-13-21-8-7-18(17)22-9-4-10-23-19(12-15)20(16)22/h1-3,5-6,11-12,17-18,21H,4,7-10,13H2. The number of hydrogen-bond acceptors (Lipinski definition) is 3. The van der Waals surface area contributed by atoms with Crippen molar-refractivity contribution in [2.45, 2.75) is 29.7 Å². The lowest BCUT2D eigenvalue weighted by Crippen LogP contribution is -2.44. The molecule has 3 heterocycles. The molecule has 1 fully saturated rings. The van der Waals surface area contributed by atoms with Gasteiger partial charge in [0.05, 0.1) is 5.69 Å². The molecule has 2 unspecified atom stereocenters. The molecule has 23 heavy (non-hydrogen) atoms. The number of nitrogens with zero attached hydrogens (tertiary/aromatic N) is 1. The smallest absolute Gasteiger partial charge is 0.0544 e. The summed E-state index contributed by atoms with van der Waals surface area (Å²) in [6, 6.07) is 16.5. The number of nitrogens with one attached hydrogen (secondary N) is 1. The Morgan fingerprint density at radius 2 is 2.00 bits per heavy atom. The first-order valence-corrected chi connectivity index (χ1v) is 9.74. The quantitative estimate of drug-likeness (QED) is 0.850. The fourth-order valence-corrected chi connectivity index (χ4v) is 5.60. The van der Waals surface area contributed by atoms with Crippen molar-refractivity contribution in [1.82, 2.24) is 5.32 Å². The Kier molecular flexibility index (Phi) is 3.38. The maximum Gasteiger partial charge on any atom is 0.0544 e. The SMILES string of the molecule is c1ccc(-c2cc3c4c(c2)C2CNCCC2N4CCCS3)cc1. The van der Waals surface area contributed by atoms with Gasteiger partial charge in [-0.05, 0) is 54.0 Å². The molecule has 1 saturated heterocycles. The highest BCUT2D eigenvalue weighted by Gasteiger charge is 2.41. The summed E-state index contributed by atoms with van der Waals surface area (Å²) in [5.74, 6) is 1.91. The number of piperidine rings is 1. The molecule has 118 valence electrons. The first-order chi connectivity index (χ1) is 11.4. The van der Waals surface area contributed by atoms with Gasteiger partial charge in [-0.1, -0.05) is 30.3 Å². The van der Waals surface area contributed by atoms with Crippen LogP contribution in [0, 0.1) is 0 Å². The molecule has 2 atom stereocenters. The largest absolute Gasteiger partial charge is 0.367 e. The summed E-state index contributed by atoms with van der Waals surface area (Å²) < 4.78 is 0. The summed E-state index contributed by atoms with van der Waals surface area (Å²) in [5, 5.41) is 3.62. The monoisotopic (exact) mass is 322 g/mol. The van der Waals surface area contributed by atoms with Gasteiger partial charge >= 0.3 is 0 Å². The lowest BCUT2D eigenvalue weighted by Gasteiger charge is -2.33. The number of anilines is 1. The molecule has 2 nitrogen and oxygen atoms in total. The van der Waals surface area contributed by atoms with E-state index in [2.05, 4.69) is 64.4 Å². The Morgan fingerprint density at radius 3 is 2.91 bits per heavy atom. The van der Waals surface area contributed by atoms with Crippen molar-refractivity contribution in [2.75, 3.05) is 30.3 Å². The highest BCUT2D eigenvalue weighted by atomic mass is 32.2. The topological polar surface area (TPSA) is 15.3 Å². The first kappa shape index (κ1) is 13.9. The van der Waals surface area contributed by atoms with Gasteiger partial charge in [0, 0.05) is 29.9 Å². The van der Waals surface area contributed by atoms with Gasteiger partial charge in [-0.15, -0.1) is 11.8 Å². The minimum Gasteiger partial charge on any atom is -0.367 e. The highest BCUT2D eigenvalue weighted by Crippen LogP contribution is 2.50. The molecule has 3 aliphatic rings. The van der Waals surface area contributed by atoms with E-state index in [1.54, 1.807) is 11.3 Å². The van der Waals surface area contributed by atoms with Crippen molar-refractivity contribution in [3.05, 3.63) is 48.0 Å². The third-order valence-corrected chi connectivity index (χ3v) is 6.66. The minimum absolute atomic E-state index is 0.667.